The van der Waals surface area contributed by atoms with Gasteiger partial charge >= 0.3 is 39.5 Å². The van der Waals surface area contributed by atoms with Crippen molar-refractivity contribution in [1.29, 1.82) is 0 Å². The first-order valence-electron chi connectivity index (χ1n) is 40.8. The first-order valence-corrected chi connectivity index (χ1v) is 43.8. The van der Waals surface area contributed by atoms with E-state index in [-0.39, 0.29) is 25.7 Å². The van der Waals surface area contributed by atoms with Crippen LogP contribution in [0.5, 0.6) is 0 Å². The lowest BCUT2D eigenvalue weighted by Gasteiger charge is -2.21. The van der Waals surface area contributed by atoms with Gasteiger partial charge in [0.1, 0.15) is 19.3 Å². The zero-order chi connectivity index (χ0) is 72.4. The number of aliphatic hydroxyl groups is 1. The zero-order valence-corrected chi connectivity index (χ0v) is 66.2. The van der Waals surface area contributed by atoms with Gasteiger partial charge in [0.25, 0.3) is 0 Å². The molecule has 98 heavy (non-hydrogen) atoms. The SMILES string of the molecule is CCC(C)CCCCCCCCCCCCCCCCCCCCC(=O)O[C@H](COC(=O)CCCCCCCCC(C)CC)COP(=O)(O)OC[C@H](O)COP(=O)(O)OC[C@@H](COC(=O)CCCCCCCCC(C)C)OC(=O)CCCCCCCCCCCCCCCCC(C)C. The summed E-state index contributed by atoms with van der Waals surface area (Å²) in [5, 5.41) is 10.6. The number of carbonyl (C=O) groups excluding carboxylic acids is 4. The molecule has 582 valence electrons. The maximum absolute atomic E-state index is 13.1. The van der Waals surface area contributed by atoms with E-state index in [0.717, 1.165) is 120 Å². The number of unbranched alkanes of at least 4 members (excludes halogenated alkanes) is 40. The van der Waals surface area contributed by atoms with Crippen LogP contribution in [0.15, 0.2) is 0 Å². The first-order chi connectivity index (χ1) is 47.2. The molecule has 7 atom stereocenters. The molecule has 0 saturated heterocycles. The van der Waals surface area contributed by atoms with Gasteiger partial charge in [-0.1, -0.05) is 351 Å². The number of hydrogen-bond acceptors (Lipinski definition) is 15. The van der Waals surface area contributed by atoms with Crippen molar-refractivity contribution < 1.29 is 80.2 Å². The van der Waals surface area contributed by atoms with E-state index in [1.165, 1.54) is 193 Å². The Morgan fingerprint density at radius 3 is 0.724 bits per heavy atom. The van der Waals surface area contributed by atoms with Crippen molar-refractivity contribution in [2.24, 2.45) is 23.7 Å². The molecule has 0 saturated carbocycles. The van der Waals surface area contributed by atoms with Crippen LogP contribution in [-0.4, -0.2) is 96.7 Å². The summed E-state index contributed by atoms with van der Waals surface area (Å²) in [5.41, 5.74) is 0. The summed E-state index contributed by atoms with van der Waals surface area (Å²) in [6.45, 7) is 14.2. The highest BCUT2D eigenvalue weighted by molar-refractivity contribution is 7.47. The fourth-order valence-corrected chi connectivity index (χ4v) is 13.6. The van der Waals surface area contributed by atoms with Crippen LogP contribution in [0.3, 0.4) is 0 Å². The highest BCUT2D eigenvalue weighted by Crippen LogP contribution is 2.45. The van der Waals surface area contributed by atoms with E-state index >= 15 is 0 Å². The highest BCUT2D eigenvalue weighted by atomic mass is 31.2. The number of aliphatic hydroxyl groups excluding tert-OH is 1. The molecule has 0 aliphatic rings. The number of rotatable bonds is 76. The molecule has 0 amide bonds. The van der Waals surface area contributed by atoms with Crippen molar-refractivity contribution in [1.82, 2.24) is 0 Å². The summed E-state index contributed by atoms with van der Waals surface area (Å²) >= 11 is 0. The van der Waals surface area contributed by atoms with Crippen molar-refractivity contribution in [2.75, 3.05) is 39.6 Å². The first kappa shape index (κ1) is 96.1. The van der Waals surface area contributed by atoms with Crippen molar-refractivity contribution in [2.45, 2.75) is 420 Å². The van der Waals surface area contributed by atoms with Gasteiger partial charge in [-0.05, 0) is 49.4 Å². The summed E-state index contributed by atoms with van der Waals surface area (Å²) in [5.74, 6) is 0.955. The van der Waals surface area contributed by atoms with Gasteiger partial charge < -0.3 is 33.8 Å². The molecule has 0 aromatic heterocycles. The maximum Gasteiger partial charge on any atom is 0.472 e. The average Bonchev–Trinajstić information content (AvgIpc) is 0.991. The standard InChI is InChI=1S/C79H154O17P2/c1-9-71(7)57-49-41-32-28-24-20-15-13-11-12-14-16-21-25-29-33-45-53-61-79(84)96-75(66-90-77(82)60-52-44-38-36-42-50-58-72(8)10-2)68-94-98(87,88)92-64-73(80)63-91-97(85,86)93-67-74(65-89-76(81)59-51-43-37-35-40-48-56-70(5)6)95-78(83)62-54-46-34-30-26-22-18-17-19-23-27-31-39-47-55-69(3)4/h69-75,80H,9-68H2,1-8H3,(H,85,86)(H,87,88)/t71?,72?,73-,74-,75-/m1/s1. The van der Waals surface area contributed by atoms with E-state index in [1.54, 1.807) is 0 Å². The maximum atomic E-state index is 13.1. The molecule has 0 spiro atoms. The van der Waals surface area contributed by atoms with Gasteiger partial charge in [0.2, 0.25) is 0 Å². The van der Waals surface area contributed by atoms with Gasteiger partial charge in [-0.3, -0.25) is 37.3 Å². The fraction of sp³-hybridized carbons (Fsp3) is 0.949. The largest absolute Gasteiger partial charge is 0.472 e. The van der Waals surface area contributed by atoms with Gasteiger partial charge in [-0.15, -0.1) is 0 Å². The van der Waals surface area contributed by atoms with Crippen LogP contribution in [0.1, 0.15) is 402 Å². The molecule has 0 aromatic rings. The van der Waals surface area contributed by atoms with E-state index in [9.17, 15) is 43.2 Å². The molecule has 0 aromatic carbocycles. The van der Waals surface area contributed by atoms with Gasteiger partial charge in [0.15, 0.2) is 12.2 Å². The molecule has 4 unspecified atom stereocenters. The van der Waals surface area contributed by atoms with E-state index in [2.05, 4.69) is 55.4 Å². The van der Waals surface area contributed by atoms with Crippen LogP contribution >= 0.6 is 15.6 Å². The number of hydrogen-bond donors (Lipinski definition) is 3. The Kier molecular flexibility index (Phi) is 66.8. The van der Waals surface area contributed by atoms with Gasteiger partial charge in [-0.2, -0.15) is 0 Å². The summed E-state index contributed by atoms with van der Waals surface area (Å²) in [6, 6.07) is 0. The van der Waals surface area contributed by atoms with Crippen LogP contribution in [0.2, 0.25) is 0 Å². The Bertz CT molecular complexity index is 1920. The van der Waals surface area contributed by atoms with Gasteiger partial charge in [0, 0.05) is 25.7 Å². The summed E-state index contributed by atoms with van der Waals surface area (Å²) in [6.07, 6.45) is 54.4. The van der Waals surface area contributed by atoms with Gasteiger partial charge in [0.05, 0.1) is 26.4 Å². The molecule has 0 rings (SSSR count). The second-order valence-electron chi connectivity index (χ2n) is 29.9. The molecule has 3 N–H and O–H groups in total. The molecule has 0 fully saturated rings. The molecular weight excluding hydrogens is 1280 g/mol. The molecular formula is C79H154O17P2. The lowest BCUT2D eigenvalue weighted by atomic mass is 9.99. The van der Waals surface area contributed by atoms with E-state index in [0.29, 0.717) is 31.6 Å². The Labute approximate surface area is 600 Å². The minimum Gasteiger partial charge on any atom is -0.462 e. The lowest BCUT2D eigenvalue weighted by Crippen LogP contribution is -2.30. The predicted octanol–water partition coefficient (Wildman–Crippen LogP) is 23.2. The fourth-order valence-electron chi connectivity index (χ4n) is 12.0. The Morgan fingerprint density at radius 1 is 0.286 bits per heavy atom. The number of phosphoric acid groups is 2. The molecule has 0 heterocycles. The molecule has 0 aliphatic carbocycles. The van der Waals surface area contributed by atoms with E-state index in [4.69, 9.17) is 37.0 Å². The zero-order valence-electron chi connectivity index (χ0n) is 64.4. The summed E-state index contributed by atoms with van der Waals surface area (Å²) in [4.78, 5) is 72.8. The molecule has 0 bridgehead atoms. The topological polar surface area (TPSA) is 237 Å². The van der Waals surface area contributed by atoms with Crippen LogP contribution in [0, 0.1) is 23.7 Å². The summed E-state index contributed by atoms with van der Waals surface area (Å²) < 4.78 is 68.5. The molecule has 19 heteroatoms. The van der Waals surface area contributed by atoms with Crippen LogP contribution in [-0.2, 0) is 65.4 Å². The van der Waals surface area contributed by atoms with Crippen LogP contribution in [0.4, 0.5) is 0 Å². The lowest BCUT2D eigenvalue weighted by molar-refractivity contribution is -0.161. The molecule has 0 aliphatic heterocycles. The van der Waals surface area contributed by atoms with Crippen molar-refractivity contribution >= 4 is 39.5 Å². The number of carbonyl (C=O) groups is 4. The van der Waals surface area contributed by atoms with E-state index < -0.39 is 97.5 Å². The van der Waals surface area contributed by atoms with Crippen molar-refractivity contribution in [3.63, 3.8) is 0 Å². The highest BCUT2D eigenvalue weighted by Gasteiger charge is 2.30. The third kappa shape index (κ3) is 69.8. The minimum atomic E-state index is -4.96. The smallest absolute Gasteiger partial charge is 0.462 e. The number of esters is 4. The predicted molar refractivity (Wildman–Crippen MR) is 400 cm³/mol. The number of phosphoric ester groups is 2. The monoisotopic (exact) mass is 1440 g/mol. The minimum absolute atomic E-state index is 0.106. The second kappa shape index (κ2) is 68.2. The third-order valence-electron chi connectivity index (χ3n) is 19.0. The quantitative estimate of drug-likeness (QED) is 0.0222. The Morgan fingerprint density at radius 2 is 0.490 bits per heavy atom. The normalized spacial score (nSPS) is 14.6. The van der Waals surface area contributed by atoms with Gasteiger partial charge in [-0.25, -0.2) is 9.13 Å². The average molecular weight is 1440 g/mol. The van der Waals surface area contributed by atoms with E-state index in [1.807, 2.05) is 0 Å². The molecule has 17 nitrogen and oxygen atoms in total. The third-order valence-corrected chi connectivity index (χ3v) is 20.9. The van der Waals surface area contributed by atoms with Crippen molar-refractivity contribution in [3.05, 3.63) is 0 Å². The number of ether oxygens (including phenoxy) is 4. The second-order valence-corrected chi connectivity index (χ2v) is 32.8. The summed E-state index contributed by atoms with van der Waals surface area (Å²) in [7, 11) is -9.92. The Hall–Kier alpha value is -1.94. The van der Waals surface area contributed by atoms with Crippen LogP contribution < -0.4 is 0 Å². The van der Waals surface area contributed by atoms with Crippen LogP contribution in [0.25, 0.3) is 0 Å². The molecule has 0 radical (unpaired) electrons. The van der Waals surface area contributed by atoms with Crippen molar-refractivity contribution in [3.8, 4) is 0 Å². The Balaban J connectivity index is 5.15.